The average Bonchev–Trinajstić information content (AvgIpc) is 3.40. The van der Waals surface area contributed by atoms with E-state index in [2.05, 4.69) is 10.1 Å². The van der Waals surface area contributed by atoms with Crippen LogP contribution in [0.5, 0.6) is 0 Å². The van der Waals surface area contributed by atoms with Gasteiger partial charge >= 0.3 is 0 Å². The third kappa shape index (κ3) is 3.78. The molecule has 1 fully saturated rings. The van der Waals surface area contributed by atoms with Gasteiger partial charge in [0.15, 0.2) is 5.78 Å². The molecular formula is C19H16ClN3OS. The van der Waals surface area contributed by atoms with Crippen LogP contribution in [0.3, 0.4) is 0 Å². The Hall–Kier alpha value is -2.11. The molecule has 0 saturated heterocycles. The number of aromatic nitrogens is 3. The molecule has 0 bridgehead atoms. The molecule has 1 aromatic heterocycles. The Morgan fingerprint density at radius 1 is 1.12 bits per heavy atom. The van der Waals surface area contributed by atoms with Crippen LogP contribution in [-0.4, -0.2) is 26.3 Å². The molecule has 4 nitrogen and oxygen atoms in total. The lowest BCUT2D eigenvalue weighted by molar-refractivity contribution is 0.102. The molecule has 0 unspecified atom stereocenters. The van der Waals surface area contributed by atoms with Gasteiger partial charge in [-0.3, -0.25) is 4.79 Å². The molecule has 0 amide bonds. The quantitative estimate of drug-likeness (QED) is 0.463. The minimum Gasteiger partial charge on any atom is -0.293 e. The number of carbonyl (C=O) groups excluding carboxylic acids is 1. The van der Waals surface area contributed by atoms with Crippen LogP contribution < -0.4 is 0 Å². The van der Waals surface area contributed by atoms with E-state index in [1.165, 1.54) is 11.8 Å². The molecule has 4 rings (SSSR count). The van der Waals surface area contributed by atoms with Crippen LogP contribution in [0.1, 0.15) is 34.9 Å². The number of benzene rings is 2. The van der Waals surface area contributed by atoms with E-state index in [4.69, 9.17) is 11.6 Å². The number of nitrogens with zero attached hydrogens (tertiary/aromatic N) is 3. The lowest BCUT2D eigenvalue weighted by atomic mass is 10.1. The Kier molecular flexibility index (Phi) is 4.59. The zero-order valence-electron chi connectivity index (χ0n) is 13.4. The highest BCUT2D eigenvalue weighted by atomic mass is 35.5. The molecule has 126 valence electrons. The van der Waals surface area contributed by atoms with Crippen molar-refractivity contribution in [3.8, 4) is 5.69 Å². The number of carbonyl (C=O) groups is 1. The standard InChI is InChI=1S/C19H16ClN3OS/c20-15-10-8-13(9-11-15)17(24)12-25-19-21-18(14-6-7-14)23(22-19)16-4-2-1-3-5-16/h1-5,8-11,14H,6-7,12H2. The van der Waals surface area contributed by atoms with Crippen molar-refractivity contribution < 1.29 is 4.79 Å². The van der Waals surface area contributed by atoms with Gasteiger partial charge in [0.25, 0.3) is 0 Å². The van der Waals surface area contributed by atoms with Crippen molar-refractivity contribution in [1.29, 1.82) is 0 Å². The molecule has 1 saturated carbocycles. The van der Waals surface area contributed by atoms with Crippen molar-refractivity contribution >= 4 is 29.1 Å². The zero-order chi connectivity index (χ0) is 17.2. The summed E-state index contributed by atoms with van der Waals surface area (Å²) in [5, 5.41) is 5.89. The number of hydrogen-bond acceptors (Lipinski definition) is 4. The molecule has 0 spiro atoms. The van der Waals surface area contributed by atoms with Gasteiger partial charge in [-0.05, 0) is 49.2 Å². The number of thioether (sulfide) groups is 1. The van der Waals surface area contributed by atoms with Crippen molar-refractivity contribution in [1.82, 2.24) is 14.8 Å². The monoisotopic (exact) mass is 369 g/mol. The fraction of sp³-hybridized carbons (Fsp3) is 0.211. The van der Waals surface area contributed by atoms with Crippen LogP contribution >= 0.6 is 23.4 Å². The molecule has 2 aromatic carbocycles. The van der Waals surface area contributed by atoms with E-state index in [1.54, 1.807) is 24.3 Å². The highest BCUT2D eigenvalue weighted by Crippen LogP contribution is 2.40. The minimum absolute atomic E-state index is 0.0469. The fourth-order valence-corrected chi connectivity index (χ4v) is 3.43. The number of halogens is 1. The number of rotatable bonds is 6. The Bertz CT molecular complexity index is 889. The topological polar surface area (TPSA) is 47.8 Å². The van der Waals surface area contributed by atoms with E-state index in [1.807, 2.05) is 35.0 Å². The third-order valence-electron chi connectivity index (χ3n) is 4.05. The maximum atomic E-state index is 12.3. The molecule has 0 radical (unpaired) electrons. The summed E-state index contributed by atoms with van der Waals surface area (Å²) >= 11 is 7.24. The van der Waals surface area contributed by atoms with Crippen LogP contribution in [0.4, 0.5) is 0 Å². The highest BCUT2D eigenvalue weighted by molar-refractivity contribution is 7.99. The molecule has 6 heteroatoms. The predicted octanol–water partition coefficient (Wildman–Crippen LogP) is 4.77. The molecule has 0 atom stereocenters. The van der Waals surface area contributed by atoms with Gasteiger partial charge in [0.05, 0.1) is 11.4 Å². The summed E-state index contributed by atoms with van der Waals surface area (Å²) in [6.45, 7) is 0. The normalized spacial score (nSPS) is 13.8. The molecule has 1 aliphatic carbocycles. The van der Waals surface area contributed by atoms with Crippen LogP contribution in [0.15, 0.2) is 59.8 Å². The molecular weight excluding hydrogens is 354 g/mol. The van der Waals surface area contributed by atoms with Gasteiger partial charge in [0.1, 0.15) is 5.82 Å². The summed E-state index contributed by atoms with van der Waals surface area (Å²) in [7, 11) is 0. The lowest BCUT2D eigenvalue weighted by Gasteiger charge is -2.03. The number of hydrogen-bond donors (Lipinski definition) is 0. The predicted molar refractivity (Wildman–Crippen MR) is 99.8 cm³/mol. The van der Waals surface area contributed by atoms with Crippen molar-refractivity contribution in [3.05, 3.63) is 71.0 Å². The summed E-state index contributed by atoms with van der Waals surface area (Å²) in [5.41, 5.74) is 1.66. The summed E-state index contributed by atoms with van der Waals surface area (Å²) in [6.07, 6.45) is 2.30. The Balaban J connectivity index is 1.51. The molecule has 0 aliphatic heterocycles. The molecule has 0 N–H and O–H groups in total. The van der Waals surface area contributed by atoms with Gasteiger partial charge in [-0.25, -0.2) is 9.67 Å². The van der Waals surface area contributed by atoms with Crippen LogP contribution in [-0.2, 0) is 0 Å². The molecule has 1 aliphatic rings. The first kappa shape index (κ1) is 16.4. The smallest absolute Gasteiger partial charge is 0.209 e. The Morgan fingerprint density at radius 2 is 1.84 bits per heavy atom. The molecule has 25 heavy (non-hydrogen) atoms. The number of para-hydroxylation sites is 1. The van der Waals surface area contributed by atoms with Crippen molar-refractivity contribution in [3.63, 3.8) is 0 Å². The minimum atomic E-state index is 0.0469. The second-order valence-electron chi connectivity index (χ2n) is 5.99. The van der Waals surface area contributed by atoms with Crippen LogP contribution in [0.2, 0.25) is 5.02 Å². The van der Waals surface area contributed by atoms with Crippen molar-refractivity contribution in [2.75, 3.05) is 5.75 Å². The number of Topliss-reactive ketones (excluding diaryl/α,β-unsaturated/α-hetero) is 1. The number of ketones is 1. The summed E-state index contributed by atoms with van der Waals surface area (Å²) < 4.78 is 1.91. The SMILES string of the molecule is O=C(CSc1nc(C2CC2)n(-c2ccccc2)n1)c1ccc(Cl)cc1. The lowest BCUT2D eigenvalue weighted by Crippen LogP contribution is -2.02. The first-order chi connectivity index (χ1) is 12.2. The van der Waals surface area contributed by atoms with Gasteiger partial charge in [0, 0.05) is 16.5 Å². The van der Waals surface area contributed by atoms with E-state index < -0.39 is 0 Å². The summed E-state index contributed by atoms with van der Waals surface area (Å²) in [4.78, 5) is 17.0. The van der Waals surface area contributed by atoms with Gasteiger partial charge in [-0.1, -0.05) is 41.6 Å². The Labute approximate surface area is 155 Å². The van der Waals surface area contributed by atoms with Gasteiger partial charge in [0.2, 0.25) is 5.16 Å². The first-order valence-corrected chi connectivity index (χ1v) is 9.51. The highest BCUT2D eigenvalue weighted by Gasteiger charge is 2.30. The van der Waals surface area contributed by atoms with Crippen LogP contribution in [0, 0.1) is 0 Å². The van der Waals surface area contributed by atoms with E-state index in [9.17, 15) is 4.79 Å². The largest absolute Gasteiger partial charge is 0.293 e. The zero-order valence-corrected chi connectivity index (χ0v) is 15.0. The molecule has 3 aromatic rings. The first-order valence-electron chi connectivity index (χ1n) is 8.14. The Morgan fingerprint density at radius 3 is 2.52 bits per heavy atom. The van der Waals surface area contributed by atoms with Crippen LogP contribution in [0.25, 0.3) is 5.69 Å². The second-order valence-corrected chi connectivity index (χ2v) is 7.37. The summed E-state index contributed by atoms with van der Waals surface area (Å²) in [5.74, 6) is 1.83. The fourth-order valence-electron chi connectivity index (χ4n) is 2.58. The van der Waals surface area contributed by atoms with Crippen molar-refractivity contribution in [2.45, 2.75) is 23.9 Å². The van der Waals surface area contributed by atoms with E-state index in [0.29, 0.717) is 27.4 Å². The second kappa shape index (κ2) is 7.02. The third-order valence-corrected chi connectivity index (χ3v) is 5.14. The average molecular weight is 370 g/mol. The van der Waals surface area contributed by atoms with E-state index in [0.717, 1.165) is 24.4 Å². The van der Waals surface area contributed by atoms with Gasteiger partial charge in [-0.2, -0.15) is 0 Å². The van der Waals surface area contributed by atoms with Gasteiger partial charge in [-0.15, -0.1) is 5.10 Å². The van der Waals surface area contributed by atoms with Crippen molar-refractivity contribution in [2.24, 2.45) is 0 Å². The van der Waals surface area contributed by atoms with E-state index in [-0.39, 0.29) is 5.78 Å². The maximum absolute atomic E-state index is 12.3. The summed E-state index contributed by atoms with van der Waals surface area (Å²) in [6, 6.07) is 17.0. The van der Waals surface area contributed by atoms with E-state index >= 15 is 0 Å². The van der Waals surface area contributed by atoms with Gasteiger partial charge < -0.3 is 0 Å². The maximum Gasteiger partial charge on any atom is 0.209 e. The molecule has 1 heterocycles.